The van der Waals surface area contributed by atoms with E-state index in [-0.39, 0.29) is 23.8 Å². The van der Waals surface area contributed by atoms with E-state index >= 15 is 0 Å². The van der Waals surface area contributed by atoms with Crippen LogP contribution in [0.25, 0.3) is 0 Å². The van der Waals surface area contributed by atoms with Crippen molar-refractivity contribution in [3.05, 3.63) is 0 Å². The minimum absolute atomic E-state index is 0.0509. The fourth-order valence-corrected chi connectivity index (χ4v) is 5.71. The number of carbonyl (C=O) groups excluding carboxylic acids is 1. The van der Waals surface area contributed by atoms with Gasteiger partial charge in [0.25, 0.3) is 0 Å². The van der Waals surface area contributed by atoms with E-state index in [4.69, 9.17) is 0 Å². The maximum absolute atomic E-state index is 12.6. The van der Waals surface area contributed by atoms with E-state index in [0.717, 1.165) is 57.8 Å². The first-order valence-corrected chi connectivity index (χ1v) is 15.1. The maximum Gasteiger partial charge on any atom is 0.306 e. The molecule has 1 aliphatic rings. The Balaban J connectivity index is 2.29. The number of hydrogen-bond donors (Lipinski definition) is 2. The van der Waals surface area contributed by atoms with Gasteiger partial charge in [-0.05, 0) is 31.6 Å². The van der Waals surface area contributed by atoms with Gasteiger partial charge in [-0.25, -0.2) is 0 Å². The van der Waals surface area contributed by atoms with E-state index in [2.05, 4.69) is 19.2 Å². The van der Waals surface area contributed by atoms with Crippen LogP contribution in [0.5, 0.6) is 0 Å². The van der Waals surface area contributed by atoms with E-state index in [1.54, 1.807) is 0 Å². The molecule has 1 aliphatic carbocycles. The molecule has 34 heavy (non-hydrogen) atoms. The Kier molecular flexibility index (Phi) is 19.3. The fraction of sp³-hybridized carbons (Fsp3) is 0.933. The number of amides is 1. The Labute approximate surface area is 211 Å². The summed E-state index contributed by atoms with van der Waals surface area (Å²) in [5.41, 5.74) is 0. The number of rotatable bonds is 22. The lowest BCUT2D eigenvalue weighted by molar-refractivity contribution is -0.145. The van der Waals surface area contributed by atoms with E-state index in [0.29, 0.717) is 6.42 Å². The molecule has 1 rings (SSSR count). The topological polar surface area (TPSA) is 66.4 Å². The van der Waals surface area contributed by atoms with Crippen molar-refractivity contribution in [3.63, 3.8) is 0 Å². The van der Waals surface area contributed by atoms with Gasteiger partial charge in [0, 0.05) is 12.5 Å². The van der Waals surface area contributed by atoms with Crippen molar-refractivity contribution in [3.8, 4) is 0 Å². The summed E-state index contributed by atoms with van der Waals surface area (Å²) < 4.78 is 0. The number of nitrogens with one attached hydrogen (secondary N) is 1. The van der Waals surface area contributed by atoms with Gasteiger partial charge < -0.3 is 10.4 Å². The lowest BCUT2D eigenvalue weighted by atomic mass is 9.74. The largest absolute Gasteiger partial charge is 0.481 e. The second-order valence-corrected chi connectivity index (χ2v) is 10.9. The molecule has 0 saturated heterocycles. The van der Waals surface area contributed by atoms with Gasteiger partial charge in [0.05, 0.1) is 5.92 Å². The Morgan fingerprint density at radius 1 is 0.706 bits per heavy atom. The van der Waals surface area contributed by atoms with Crippen molar-refractivity contribution in [2.45, 2.75) is 168 Å². The van der Waals surface area contributed by atoms with Crippen LogP contribution in [0.1, 0.15) is 162 Å². The quantitative estimate of drug-likeness (QED) is 0.152. The Morgan fingerprint density at radius 3 is 1.71 bits per heavy atom. The van der Waals surface area contributed by atoms with Crippen LogP contribution in [0, 0.1) is 11.8 Å². The molecule has 3 atom stereocenters. The highest BCUT2D eigenvalue weighted by atomic mass is 16.4. The van der Waals surface area contributed by atoms with Crippen molar-refractivity contribution in [1.29, 1.82) is 0 Å². The highest BCUT2D eigenvalue weighted by Gasteiger charge is 2.36. The van der Waals surface area contributed by atoms with Crippen molar-refractivity contribution in [1.82, 2.24) is 5.32 Å². The second kappa shape index (κ2) is 21.2. The van der Waals surface area contributed by atoms with Crippen LogP contribution in [0.2, 0.25) is 0 Å². The zero-order valence-electron chi connectivity index (χ0n) is 22.8. The molecule has 1 amide bonds. The van der Waals surface area contributed by atoms with Gasteiger partial charge in [0.15, 0.2) is 0 Å². The highest BCUT2D eigenvalue weighted by Crippen LogP contribution is 2.34. The third-order valence-corrected chi connectivity index (χ3v) is 7.88. The van der Waals surface area contributed by atoms with Crippen LogP contribution in [-0.2, 0) is 9.59 Å². The summed E-state index contributed by atoms with van der Waals surface area (Å²) in [4.78, 5) is 24.7. The van der Waals surface area contributed by atoms with Gasteiger partial charge in [-0.15, -0.1) is 0 Å². The summed E-state index contributed by atoms with van der Waals surface area (Å²) in [6.45, 7) is 4.49. The number of carbonyl (C=O) groups is 2. The molecule has 0 aromatic rings. The minimum Gasteiger partial charge on any atom is -0.481 e. The first-order valence-electron chi connectivity index (χ1n) is 15.1. The summed E-state index contributed by atoms with van der Waals surface area (Å²) in [6, 6.07) is 0.0509. The SMILES string of the molecule is CCCCCCCCCCCC(=O)NC1CCCCC1C(CCCCCCCCCC)C(=O)O. The van der Waals surface area contributed by atoms with Crippen molar-refractivity contribution in [2.75, 3.05) is 0 Å². The van der Waals surface area contributed by atoms with Crippen molar-refractivity contribution < 1.29 is 14.7 Å². The molecule has 0 spiro atoms. The van der Waals surface area contributed by atoms with E-state index < -0.39 is 5.97 Å². The summed E-state index contributed by atoms with van der Waals surface area (Å²) in [5.74, 6) is -0.731. The number of carboxylic acids is 1. The molecule has 3 unspecified atom stereocenters. The highest BCUT2D eigenvalue weighted by molar-refractivity contribution is 5.76. The maximum atomic E-state index is 12.6. The third-order valence-electron chi connectivity index (χ3n) is 7.88. The van der Waals surface area contributed by atoms with Crippen LogP contribution >= 0.6 is 0 Å². The number of unbranched alkanes of at least 4 members (excludes halogenated alkanes) is 15. The normalized spacial score (nSPS) is 19.1. The summed E-state index contributed by atoms with van der Waals surface area (Å²) in [6.07, 6.45) is 26.6. The number of aliphatic carboxylic acids is 1. The molecule has 0 radical (unpaired) electrons. The van der Waals surface area contributed by atoms with Crippen LogP contribution in [0.15, 0.2) is 0 Å². The molecule has 0 aromatic heterocycles. The molecule has 2 N–H and O–H groups in total. The molecule has 0 aromatic carbocycles. The lowest BCUT2D eigenvalue weighted by Crippen LogP contribution is -2.46. The van der Waals surface area contributed by atoms with Gasteiger partial charge in [-0.1, -0.05) is 129 Å². The predicted molar refractivity (Wildman–Crippen MR) is 144 cm³/mol. The van der Waals surface area contributed by atoms with Crippen LogP contribution in [0.3, 0.4) is 0 Å². The van der Waals surface area contributed by atoms with Gasteiger partial charge in [0.1, 0.15) is 0 Å². The molecular weight excluding hydrogens is 422 g/mol. The summed E-state index contributed by atoms with van der Waals surface area (Å²) in [5, 5.41) is 13.2. The molecule has 1 fully saturated rings. The molecule has 0 heterocycles. The molecule has 4 nitrogen and oxygen atoms in total. The van der Waals surface area contributed by atoms with E-state index in [9.17, 15) is 14.7 Å². The van der Waals surface area contributed by atoms with Crippen LogP contribution in [-0.4, -0.2) is 23.0 Å². The van der Waals surface area contributed by atoms with Gasteiger partial charge in [0.2, 0.25) is 5.91 Å². The standard InChI is InChI=1S/C30H57NO3/c1-3-5-7-9-11-13-15-17-19-25-29(32)31-28-24-21-20-22-26(28)27(30(33)34)23-18-16-14-12-10-8-6-4-2/h26-28H,3-25H2,1-2H3,(H,31,32)(H,33,34). The fourth-order valence-electron chi connectivity index (χ4n) is 5.71. The predicted octanol–water partition coefficient (Wildman–Crippen LogP) is 8.81. The smallest absolute Gasteiger partial charge is 0.306 e. The first kappa shape index (κ1) is 31.0. The van der Waals surface area contributed by atoms with Crippen LogP contribution in [0.4, 0.5) is 0 Å². The zero-order valence-corrected chi connectivity index (χ0v) is 22.8. The molecule has 0 bridgehead atoms. The van der Waals surface area contributed by atoms with Gasteiger partial charge in [-0.3, -0.25) is 9.59 Å². The summed E-state index contributed by atoms with van der Waals surface area (Å²) in [7, 11) is 0. The Morgan fingerprint density at radius 2 is 1.18 bits per heavy atom. The average Bonchev–Trinajstić information content (AvgIpc) is 2.82. The lowest BCUT2D eigenvalue weighted by Gasteiger charge is -2.36. The average molecular weight is 480 g/mol. The van der Waals surface area contributed by atoms with Gasteiger partial charge >= 0.3 is 5.97 Å². The number of hydrogen-bond acceptors (Lipinski definition) is 2. The second-order valence-electron chi connectivity index (χ2n) is 10.9. The van der Waals surface area contributed by atoms with E-state index in [1.807, 2.05) is 0 Å². The van der Waals surface area contributed by atoms with Crippen molar-refractivity contribution >= 4 is 11.9 Å². The molecule has 4 heteroatoms. The molecule has 1 saturated carbocycles. The Hall–Kier alpha value is -1.06. The minimum atomic E-state index is -0.659. The monoisotopic (exact) mass is 479 g/mol. The van der Waals surface area contributed by atoms with Crippen LogP contribution < -0.4 is 5.32 Å². The summed E-state index contributed by atoms with van der Waals surface area (Å²) >= 11 is 0. The first-order chi connectivity index (χ1) is 16.6. The van der Waals surface area contributed by atoms with Crippen molar-refractivity contribution in [2.24, 2.45) is 11.8 Å². The molecular formula is C30H57NO3. The van der Waals surface area contributed by atoms with Gasteiger partial charge in [-0.2, -0.15) is 0 Å². The number of carboxylic acid groups (broad SMARTS) is 1. The Bertz CT molecular complexity index is 507. The zero-order chi connectivity index (χ0) is 24.9. The molecule has 0 aliphatic heterocycles. The third kappa shape index (κ3) is 15.0. The van der Waals surface area contributed by atoms with E-state index in [1.165, 1.54) is 83.5 Å². The molecule has 200 valence electrons.